The predicted octanol–water partition coefficient (Wildman–Crippen LogP) is 1.44. The zero-order valence-electron chi connectivity index (χ0n) is 6.96. The molecular formula is C9H13FN2. The molecule has 0 saturated heterocycles. The van der Waals surface area contributed by atoms with Gasteiger partial charge < -0.3 is 5.73 Å². The first kappa shape index (κ1) is 9.13. The molecule has 1 heterocycles. The maximum Gasteiger partial charge on any atom is 0.131 e. The van der Waals surface area contributed by atoms with Crippen LogP contribution in [0.1, 0.15) is 17.8 Å². The first-order valence-corrected chi connectivity index (χ1v) is 4.07. The molecule has 1 aromatic rings. The molecule has 66 valence electrons. The van der Waals surface area contributed by atoms with Crippen LogP contribution in [0.4, 0.5) is 4.39 Å². The highest BCUT2D eigenvalue weighted by atomic mass is 19.1. The summed E-state index contributed by atoms with van der Waals surface area (Å²) in [5, 5.41) is 0. The Hall–Kier alpha value is -0.960. The van der Waals surface area contributed by atoms with Gasteiger partial charge in [0.05, 0.1) is 5.69 Å². The first-order valence-electron chi connectivity index (χ1n) is 4.07. The van der Waals surface area contributed by atoms with Gasteiger partial charge in [0.1, 0.15) is 6.67 Å². The minimum atomic E-state index is -0.490. The molecule has 1 aromatic heterocycles. The number of pyridine rings is 1. The summed E-state index contributed by atoms with van der Waals surface area (Å²) in [5.41, 5.74) is 6.78. The fraction of sp³-hybridized carbons (Fsp3) is 0.444. The Bertz CT molecular complexity index is 238. The Balaban J connectivity index is 2.60. The van der Waals surface area contributed by atoms with Gasteiger partial charge in [0, 0.05) is 5.69 Å². The van der Waals surface area contributed by atoms with Crippen molar-refractivity contribution in [1.82, 2.24) is 4.98 Å². The molecule has 3 heteroatoms. The van der Waals surface area contributed by atoms with Crippen molar-refractivity contribution in [2.45, 2.75) is 19.5 Å². The molecule has 0 atom stereocenters. The van der Waals surface area contributed by atoms with Crippen LogP contribution in [0.3, 0.4) is 0 Å². The average molecular weight is 168 g/mol. The number of nitrogens with two attached hydrogens (primary N) is 1. The van der Waals surface area contributed by atoms with E-state index in [0.717, 1.165) is 18.5 Å². The van der Waals surface area contributed by atoms with Gasteiger partial charge in [-0.15, -0.1) is 0 Å². The molecule has 0 amide bonds. The van der Waals surface area contributed by atoms with Crippen LogP contribution in [0.5, 0.6) is 0 Å². The van der Waals surface area contributed by atoms with Gasteiger partial charge in [0.15, 0.2) is 0 Å². The molecule has 0 fully saturated rings. The molecule has 2 nitrogen and oxygen atoms in total. The summed E-state index contributed by atoms with van der Waals surface area (Å²) < 4.78 is 12.1. The Kier molecular flexibility index (Phi) is 3.67. The van der Waals surface area contributed by atoms with Crippen molar-refractivity contribution in [3.8, 4) is 0 Å². The maximum atomic E-state index is 12.1. The number of halogens is 1. The molecule has 1 rings (SSSR count). The summed E-state index contributed by atoms with van der Waals surface area (Å²) in [6.07, 6.45) is 1.74. The van der Waals surface area contributed by atoms with Crippen LogP contribution >= 0.6 is 0 Å². The Morgan fingerprint density at radius 3 is 2.75 bits per heavy atom. The van der Waals surface area contributed by atoms with Crippen molar-refractivity contribution in [3.63, 3.8) is 0 Å². The summed E-state index contributed by atoms with van der Waals surface area (Å²) >= 11 is 0. The van der Waals surface area contributed by atoms with E-state index in [2.05, 4.69) is 4.98 Å². The van der Waals surface area contributed by atoms with Crippen LogP contribution in [-0.2, 0) is 13.1 Å². The number of rotatable bonds is 4. The summed E-state index contributed by atoms with van der Waals surface area (Å²) in [7, 11) is 0. The minimum Gasteiger partial charge on any atom is -0.330 e. The molecule has 0 aromatic carbocycles. The molecule has 2 N–H and O–H groups in total. The third kappa shape index (κ3) is 2.58. The molecule has 0 spiro atoms. The van der Waals surface area contributed by atoms with E-state index >= 15 is 0 Å². The molecule has 0 radical (unpaired) electrons. The fourth-order valence-corrected chi connectivity index (χ4v) is 1.03. The number of hydrogen-bond donors (Lipinski definition) is 1. The maximum absolute atomic E-state index is 12.1. The lowest BCUT2D eigenvalue weighted by atomic mass is 10.2. The Morgan fingerprint density at radius 1 is 1.33 bits per heavy atom. The minimum absolute atomic E-state index is 0.490. The van der Waals surface area contributed by atoms with Gasteiger partial charge in [-0.2, -0.15) is 0 Å². The molecule has 0 aliphatic carbocycles. The SMILES string of the molecule is NCCCc1cccc(CF)n1. The highest BCUT2D eigenvalue weighted by Crippen LogP contribution is 2.02. The van der Waals surface area contributed by atoms with E-state index in [1.54, 1.807) is 6.07 Å². The molecule has 12 heavy (non-hydrogen) atoms. The smallest absolute Gasteiger partial charge is 0.131 e. The standard InChI is InChI=1S/C9H13FN2/c10-7-9-4-1-3-8(12-9)5-2-6-11/h1,3-4H,2,5-7,11H2. The second-order valence-electron chi connectivity index (χ2n) is 2.65. The summed E-state index contributed by atoms with van der Waals surface area (Å²) in [6, 6.07) is 5.41. The number of alkyl halides is 1. The summed E-state index contributed by atoms with van der Waals surface area (Å²) in [4.78, 5) is 4.10. The second-order valence-corrected chi connectivity index (χ2v) is 2.65. The Labute approximate surface area is 71.6 Å². The van der Waals surface area contributed by atoms with Crippen molar-refractivity contribution in [3.05, 3.63) is 29.6 Å². The highest BCUT2D eigenvalue weighted by Gasteiger charge is 1.96. The van der Waals surface area contributed by atoms with Crippen molar-refractivity contribution in [2.75, 3.05) is 6.54 Å². The van der Waals surface area contributed by atoms with Gasteiger partial charge in [-0.1, -0.05) is 6.07 Å². The number of aromatic nitrogens is 1. The zero-order valence-corrected chi connectivity index (χ0v) is 6.96. The van der Waals surface area contributed by atoms with E-state index in [4.69, 9.17) is 5.73 Å². The van der Waals surface area contributed by atoms with Gasteiger partial charge in [-0.05, 0) is 31.5 Å². The van der Waals surface area contributed by atoms with Crippen molar-refractivity contribution < 1.29 is 4.39 Å². The van der Waals surface area contributed by atoms with E-state index < -0.39 is 6.67 Å². The number of aryl methyl sites for hydroxylation is 1. The third-order valence-corrected chi connectivity index (χ3v) is 1.64. The van der Waals surface area contributed by atoms with E-state index in [9.17, 15) is 4.39 Å². The van der Waals surface area contributed by atoms with Crippen molar-refractivity contribution in [2.24, 2.45) is 5.73 Å². The largest absolute Gasteiger partial charge is 0.330 e. The van der Waals surface area contributed by atoms with Gasteiger partial charge >= 0.3 is 0 Å². The highest BCUT2D eigenvalue weighted by molar-refractivity contribution is 5.10. The van der Waals surface area contributed by atoms with Gasteiger partial charge in [-0.3, -0.25) is 4.98 Å². The van der Waals surface area contributed by atoms with Crippen LogP contribution in [0.15, 0.2) is 18.2 Å². The van der Waals surface area contributed by atoms with Crippen LogP contribution in [0.25, 0.3) is 0 Å². The van der Waals surface area contributed by atoms with Gasteiger partial charge in [0.2, 0.25) is 0 Å². The summed E-state index contributed by atoms with van der Waals surface area (Å²) in [6.45, 7) is 0.165. The van der Waals surface area contributed by atoms with E-state index in [1.807, 2.05) is 12.1 Å². The van der Waals surface area contributed by atoms with E-state index in [1.165, 1.54) is 0 Å². The van der Waals surface area contributed by atoms with Crippen LogP contribution in [0.2, 0.25) is 0 Å². The van der Waals surface area contributed by atoms with E-state index in [0.29, 0.717) is 12.2 Å². The van der Waals surface area contributed by atoms with Gasteiger partial charge in [0.25, 0.3) is 0 Å². The fourth-order valence-electron chi connectivity index (χ4n) is 1.03. The van der Waals surface area contributed by atoms with Crippen LogP contribution in [-0.4, -0.2) is 11.5 Å². The normalized spacial score (nSPS) is 10.2. The second kappa shape index (κ2) is 4.83. The molecule has 0 aliphatic heterocycles. The Morgan fingerprint density at radius 2 is 2.08 bits per heavy atom. The lowest BCUT2D eigenvalue weighted by molar-refractivity contribution is 0.474. The lowest BCUT2D eigenvalue weighted by Crippen LogP contribution is -2.02. The molecule has 0 saturated carbocycles. The molecule has 0 aliphatic rings. The van der Waals surface area contributed by atoms with Crippen molar-refractivity contribution in [1.29, 1.82) is 0 Å². The first-order chi connectivity index (χ1) is 5.86. The third-order valence-electron chi connectivity index (χ3n) is 1.64. The van der Waals surface area contributed by atoms with Crippen LogP contribution in [0, 0.1) is 0 Å². The molecule has 0 unspecified atom stereocenters. The molecular weight excluding hydrogens is 155 g/mol. The van der Waals surface area contributed by atoms with Crippen molar-refractivity contribution >= 4 is 0 Å². The topological polar surface area (TPSA) is 38.9 Å². The van der Waals surface area contributed by atoms with E-state index in [-0.39, 0.29) is 0 Å². The number of nitrogens with zero attached hydrogens (tertiary/aromatic N) is 1. The predicted molar refractivity (Wildman–Crippen MR) is 46.4 cm³/mol. The lowest BCUT2D eigenvalue weighted by Gasteiger charge is -1.99. The number of hydrogen-bond acceptors (Lipinski definition) is 2. The monoisotopic (exact) mass is 168 g/mol. The zero-order chi connectivity index (χ0) is 8.81. The molecule has 0 bridgehead atoms. The van der Waals surface area contributed by atoms with Crippen LogP contribution < -0.4 is 5.73 Å². The summed E-state index contributed by atoms with van der Waals surface area (Å²) in [5.74, 6) is 0. The van der Waals surface area contributed by atoms with Gasteiger partial charge in [-0.25, -0.2) is 4.39 Å². The quantitative estimate of drug-likeness (QED) is 0.738. The average Bonchev–Trinajstić information content (AvgIpc) is 2.15.